The first-order valence-electron chi connectivity index (χ1n) is 15.8. The molecule has 1 aromatic heterocycles. The van der Waals surface area contributed by atoms with Crippen LogP contribution in [0.15, 0.2) is 140 Å². The van der Waals surface area contributed by atoms with Gasteiger partial charge in [-0.1, -0.05) is 103 Å². The lowest BCUT2D eigenvalue weighted by Gasteiger charge is -2.50. The first kappa shape index (κ1) is 33.3. The van der Waals surface area contributed by atoms with E-state index in [-0.39, 0.29) is 23.0 Å². The van der Waals surface area contributed by atoms with Crippen molar-refractivity contribution in [3.63, 3.8) is 0 Å². The summed E-state index contributed by atoms with van der Waals surface area (Å²) in [5.74, 6) is -3.70. The second-order valence-electron chi connectivity index (χ2n) is 11.7. The molecule has 0 saturated carbocycles. The smallest absolute Gasteiger partial charge is 0.353 e. The van der Waals surface area contributed by atoms with Crippen molar-refractivity contribution in [1.82, 2.24) is 9.88 Å². The molecule has 0 radical (unpaired) electrons. The number of carboxylic acids is 1. The molecule has 3 atom stereocenters. The van der Waals surface area contributed by atoms with Crippen molar-refractivity contribution in [3.8, 4) is 0 Å². The number of carbonyl (C=O) groups is 4. The molecule has 6 rings (SSSR count). The van der Waals surface area contributed by atoms with E-state index in [1.54, 1.807) is 42.7 Å². The number of aliphatic hydroxyl groups excluding tert-OH is 1. The van der Waals surface area contributed by atoms with Gasteiger partial charge in [0.15, 0.2) is 5.78 Å². The Hall–Kier alpha value is -5.63. The van der Waals surface area contributed by atoms with Crippen LogP contribution in [-0.2, 0) is 9.59 Å². The Balaban J connectivity index is 1.49. The number of carbonyl (C=O) groups excluding carboxylic acids is 3. The lowest BCUT2D eigenvalue weighted by atomic mass is 9.79. The number of Topliss-reactive ketones (excluding diaryl/α,β-unsaturated/α-hetero) is 1. The average molecular weight is 672 g/mol. The van der Waals surface area contributed by atoms with Crippen LogP contribution in [0.5, 0.6) is 0 Å². The molecule has 0 aliphatic carbocycles. The second-order valence-corrected chi connectivity index (χ2v) is 15.1. The number of aliphatic hydroxyl groups is 1. The van der Waals surface area contributed by atoms with Gasteiger partial charge in [0.2, 0.25) is 5.91 Å². The second kappa shape index (κ2) is 14.2. The maximum Gasteiger partial charge on any atom is 0.353 e. The molecule has 2 heterocycles. The number of benzene rings is 4. The zero-order chi connectivity index (χ0) is 34.5. The number of aliphatic carboxylic acids is 1. The van der Waals surface area contributed by atoms with Crippen molar-refractivity contribution in [1.29, 1.82) is 0 Å². The monoisotopic (exact) mass is 671 g/mol. The van der Waals surface area contributed by atoms with Gasteiger partial charge in [-0.25, -0.2) is 4.79 Å². The molecular formula is C39H34N3O6P. The van der Waals surface area contributed by atoms with Gasteiger partial charge < -0.3 is 20.4 Å². The van der Waals surface area contributed by atoms with Gasteiger partial charge in [-0.05, 0) is 47.1 Å². The first-order valence-corrected chi connectivity index (χ1v) is 17.5. The third-order valence-corrected chi connectivity index (χ3v) is 13.0. The van der Waals surface area contributed by atoms with Crippen LogP contribution in [0.2, 0.25) is 0 Å². The van der Waals surface area contributed by atoms with Crippen molar-refractivity contribution in [2.45, 2.75) is 25.5 Å². The van der Waals surface area contributed by atoms with Gasteiger partial charge in [-0.15, -0.1) is 0 Å². The SMILES string of the molecule is C[C@@H](O)[C@H]1C(=O)N(C(C(=O)O)=P(c2ccccc2)(c2ccccc2)c2ccccc2)[C@@H]1CC(=O)c1cccc(C(=O)Nc2ccncc2)c1. The summed E-state index contributed by atoms with van der Waals surface area (Å²) in [6.07, 6.45) is 1.68. The van der Waals surface area contributed by atoms with E-state index in [1.807, 2.05) is 91.0 Å². The number of hydrogen-bond acceptors (Lipinski definition) is 6. The minimum absolute atomic E-state index is 0.138. The molecule has 0 spiro atoms. The molecule has 1 aliphatic heterocycles. The van der Waals surface area contributed by atoms with Crippen LogP contribution in [0.25, 0.3) is 0 Å². The van der Waals surface area contributed by atoms with E-state index in [9.17, 15) is 29.4 Å². The Morgan fingerprint density at radius 1 is 0.776 bits per heavy atom. The third-order valence-electron chi connectivity index (χ3n) is 8.74. The molecule has 49 heavy (non-hydrogen) atoms. The number of nitrogens with zero attached hydrogens (tertiary/aromatic N) is 2. The van der Waals surface area contributed by atoms with Gasteiger partial charge in [-0.3, -0.25) is 19.4 Å². The number of amides is 2. The van der Waals surface area contributed by atoms with Gasteiger partial charge in [0.05, 0.1) is 18.1 Å². The molecule has 9 nitrogen and oxygen atoms in total. The molecule has 1 saturated heterocycles. The molecule has 4 aromatic carbocycles. The minimum atomic E-state index is -3.27. The van der Waals surface area contributed by atoms with Gasteiger partial charge in [-0.2, -0.15) is 0 Å². The molecule has 2 amide bonds. The number of β-lactam (4-membered cyclic amide) rings is 1. The molecule has 1 aliphatic rings. The number of pyridine rings is 1. The normalized spacial score (nSPS) is 16.3. The zero-order valence-electron chi connectivity index (χ0n) is 26.6. The number of hydrogen-bond donors (Lipinski definition) is 3. The molecule has 3 N–H and O–H groups in total. The fourth-order valence-electron chi connectivity index (χ4n) is 6.53. The number of aromatic nitrogens is 1. The lowest BCUT2D eigenvalue weighted by Crippen LogP contribution is -2.68. The van der Waals surface area contributed by atoms with Crippen molar-refractivity contribution >= 4 is 57.5 Å². The highest BCUT2D eigenvalue weighted by Gasteiger charge is 2.55. The van der Waals surface area contributed by atoms with Crippen molar-refractivity contribution in [3.05, 3.63) is 151 Å². The van der Waals surface area contributed by atoms with Crippen LogP contribution < -0.4 is 21.2 Å². The third kappa shape index (κ3) is 6.34. The van der Waals surface area contributed by atoms with E-state index < -0.39 is 48.5 Å². The van der Waals surface area contributed by atoms with Crippen LogP contribution >= 0.6 is 6.89 Å². The Kier molecular flexibility index (Phi) is 9.67. The van der Waals surface area contributed by atoms with Gasteiger partial charge in [0, 0.05) is 42.5 Å². The first-order chi connectivity index (χ1) is 23.7. The van der Waals surface area contributed by atoms with E-state index in [2.05, 4.69) is 10.3 Å². The van der Waals surface area contributed by atoms with Crippen molar-refractivity contribution in [2.24, 2.45) is 5.92 Å². The molecular weight excluding hydrogens is 637 g/mol. The summed E-state index contributed by atoms with van der Waals surface area (Å²) >= 11 is 0. The molecule has 1 fully saturated rings. The number of likely N-dealkylation sites (tertiary alicyclic amines) is 1. The average Bonchev–Trinajstić information content (AvgIpc) is 3.13. The Bertz CT molecular complexity index is 1950. The Labute approximate surface area is 283 Å². The summed E-state index contributed by atoms with van der Waals surface area (Å²) in [5.41, 5.74) is 0.870. The maximum absolute atomic E-state index is 14.1. The predicted molar refractivity (Wildman–Crippen MR) is 191 cm³/mol. The predicted octanol–water partition coefficient (Wildman–Crippen LogP) is 4.32. The van der Waals surface area contributed by atoms with Crippen LogP contribution in [0.3, 0.4) is 0 Å². The fraction of sp³-hybridized carbons (Fsp3) is 0.128. The van der Waals surface area contributed by atoms with Gasteiger partial charge >= 0.3 is 5.97 Å². The molecule has 5 aromatic rings. The molecule has 0 bridgehead atoms. The van der Waals surface area contributed by atoms with Gasteiger partial charge in [0.1, 0.15) is 5.42 Å². The lowest BCUT2D eigenvalue weighted by molar-refractivity contribution is -0.156. The minimum Gasteiger partial charge on any atom is -0.477 e. The quantitative estimate of drug-likeness (QED) is 0.108. The number of rotatable bonds is 11. The number of nitrogens with one attached hydrogen (secondary N) is 1. The maximum atomic E-state index is 14.1. The summed E-state index contributed by atoms with van der Waals surface area (Å²) in [6.45, 7) is -1.80. The van der Waals surface area contributed by atoms with E-state index in [1.165, 1.54) is 17.9 Å². The highest BCUT2D eigenvalue weighted by molar-refractivity contribution is 7.96. The number of ketones is 1. The van der Waals surface area contributed by atoms with Crippen LogP contribution in [-0.4, -0.2) is 61.2 Å². The van der Waals surface area contributed by atoms with E-state index in [0.29, 0.717) is 5.69 Å². The van der Waals surface area contributed by atoms with Gasteiger partial charge in [0.25, 0.3) is 5.91 Å². The standard InChI is InChI=1S/C39H34N3O6P/c1-26(43)35-33(25-34(44)27-12-11-13-28(24-27)36(45)41-29-20-22-40-23-21-29)42(37(35)46)38(39(47)48)49(30-14-5-2-6-15-30,31-16-7-3-8-17-31)32-18-9-4-10-19-32/h2-24,26,33,35,43H,25H2,1H3,(H,47,48)(H,40,41,45)/t26-,33-,35-/m1/s1. The van der Waals surface area contributed by atoms with Crippen LogP contribution in [0.4, 0.5) is 5.69 Å². The summed E-state index contributed by atoms with van der Waals surface area (Å²) in [5, 5.41) is 26.9. The fourth-order valence-corrected chi connectivity index (χ4v) is 10.9. The Morgan fingerprint density at radius 3 is 1.78 bits per heavy atom. The highest BCUT2D eigenvalue weighted by Crippen LogP contribution is 2.49. The summed E-state index contributed by atoms with van der Waals surface area (Å²) in [6, 6.07) is 36.3. The topological polar surface area (TPSA) is 137 Å². The summed E-state index contributed by atoms with van der Waals surface area (Å²) < 4.78 is 0. The molecule has 10 heteroatoms. The highest BCUT2D eigenvalue weighted by atomic mass is 31.2. The number of carboxylic acid groups (broad SMARTS) is 1. The molecule has 0 unspecified atom stereocenters. The Morgan fingerprint density at radius 2 is 1.29 bits per heavy atom. The molecule has 246 valence electrons. The summed E-state index contributed by atoms with van der Waals surface area (Å²) in [7, 11) is 0. The zero-order valence-corrected chi connectivity index (χ0v) is 27.5. The van der Waals surface area contributed by atoms with Crippen LogP contribution in [0, 0.1) is 5.92 Å². The summed E-state index contributed by atoms with van der Waals surface area (Å²) in [4.78, 5) is 59.9. The van der Waals surface area contributed by atoms with Crippen molar-refractivity contribution < 1.29 is 29.4 Å². The van der Waals surface area contributed by atoms with Crippen molar-refractivity contribution in [2.75, 3.05) is 5.32 Å². The number of anilines is 1. The van der Waals surface area contributed by atoms with E-state index in [0.717, 1.165) is 15.9 Å². The van der Waals surface area contributed by atoms with E-state index in [4.69, 9.17) is 0 Å². The van der Waals surface area contributed by atoms with Crippen LogP contribution in [0.1, 0.15) is 34.1 Å². The van der Waals surface area contributed by atoms with E-state index >= 15 is 0 Å². The largest absolute Gasteiger partial charge is 0.477 e.